The summed E-state index contributed by atoms with van der Waals surface area (Å²) < 4.78 is 31.6. The van der Waals surface area contributed by atoms with Crippen LogP contribution in [0, 0.1) is 0 Å². The van der Waals surface area contributed by atoms with Gasteiger partial charge in [0.1, 0.15) is 0 Å². The molecule has 0 amide bonds. The molecule has 0 radical (unpaired) electrons. The number of nitrogen functional groups attached to an aromatic ring is 1. The standard InChI is InChI=1S/C8H12N2.H2O4S/c1-2-7-4-3-5-8(6-7)10-9;1-5(2,3)4/h3-6,10H,2,9H2,1H3;(H2,1,2,3,4). The van der Waals surface area contributed by atoms with Crippen molar-refractivity contribution in [1.82, 2.24) is 0 Å². The molecule has 0 fully saturated rings. The topological polar surface area (TPSA) is 113 Å². The second-order valence-electron chi connectivity index (χ2n) is 2.65. The average molecular weight is 234 g/mol. The van der Waals surface area contributed by atoms with Crippen LogP contribution in [0.4, 0.5) is 5.69 Å². The van der Waals surface area contributed by atoms with Crippen LogP contribution in [0.25, 0.3) is 0 Å². The van der Waals surface area contributed by atoms with Gasteiger partial charge in [-0.05, 0) is 24.1 Å². The zero-order valence-electron chi connectivity index (χ0n) is 8.21. The lowest BCUT2D eigenvalue weighted by atomic mass is 10.1. The first kappa shape index (κ1) is 13.8. The molecular formula is C8H14N2O4S. The van der Waals surface area contributed by atoms with Gasteiger partial charge >= 0.3 is 10.4 Å². The van der Waals surface area contributed by atoms with Crippen molar-refractivity contribution in [3.05, 3.63) is 29.8 Å². The summed E-state index contributed by atoms with van der Waals surface area (Å²) in [5.74, 6) is 5.22. The van der Waals surface area contributed by atoms with Gasteiger partial charge in [0.05, 0.1) is 0 Å². The second kappa shape index (κ2) is 6.36. The van der Waals surface area contributed by atoms with E-state index < -0.39 is 10.4 Å². The quantitative estimate of drug-likeness (QED) is 0.343. The number of benzene rings is 1. The van der Waals surface area contributed by atoms with Crippen LogP contribution in [0.1, 0.15) is 12.5 Å². The lowest BCUT2D eigenvalue weighted by Crippen LogP contribution is -2.06. The second-order valence-corrected chi connectivity index (χ2v) is 3.54. The lowest BCUT2D eigenvalue weighted by Gasteiger charge is -2.00. The molecule has 86 valence electrons. The fourth-order valence-electron chi connectivity index (χ4n) is 0.881. The van der Waals surface area contributed by atoms with Crippen LogP contribution in [0.5, 0.6) is 0 Å². The smallest absolute Gasteiger partial charge is 0.324 e. The average Bonchev–Trinajstić information content (AvgIpc) is 2.15. The highest BCUT2D eigenvalue weighted by atomic mass is 32.3. The summed E-state index contributed by atoms with van der Waals surface area (Å²) in [5.41, 5.74) is 4.87. The van der Waals surface area contributed by atoms with Gasteiger partial charge in [0, 0.05) is 5.69 Å². The van der Waals surface area contributed by atoms with Crippen molar-refractivity contribution >= 4 is 16.1 Å². The monoisotopic (exact) mass is 234 g/mol. The van der Waals surface area contributed by atoms with Gasteiger partial charge in [0.2, 0.25) is 0 Å². The largest absolute Gasteiger partial charge is 0.394 e. The molecule has 0 saturated carbocycles. The molecule has 1 aromatic rings. The number of nitrogens with one attached hydrogen (secondary N) is 1. The molecule has 6 nitrogen and oxygen atoms in total. The van der Waals surface area contributed by atoms with Gasteiger partial charge in [0.25, 0.3) is 0 Å². The summed E-state index contributed by atoms with van der Waals surface area (Å²) >= 11 is 0. The van der Waals surface area contributed by atoms with E-state index in [1.807, 2.05) is 18.2 Å². The molecule has 1 rings (SSSR count). The molecular weight excluding hydrogens is 220 g/mol. The minimum absolute atomic E-state index is 0.972. The van der Waals surface area contributed by atoms with Crippen molar-refractivity contribution in [2.24, 2.45) is 5.84 Å². The molecule has 15 heavy (non-hydrogen) atoms. The maximum atomic E-state index is 8.74. The Morgan fingerprint density at radius 3 is 2.33 bits per heavy atom. The SMILES string of the molecule is CCc1cccc(NN)c1.O=S(=O)(O)O. The third-order valence-electron chi connectivity index (χ3n) is 1.50. The Kier molecular flexibility index (Phi) is 5.87. The van der Waals surface area contributed by atoms with Crippen LogP contribution in [0.15, 0.2) is 24.3 Å². The van der Waals surface area contributed by atoms with Crippen LogP contribution in [-0.4, -0.2) is 17.5 Å². The van der Waals surface area contributed by atoms with Crippen molar-refractivity contribution in [1.29, 1.82) is 0 Å². The van der Waals surface area contributed by atoms with Crippen molar-refractivity contribution in [3.63, 3.8) is 0 Å². The highest BCUT2D eigenvalue weighted by Gasteiger charge is 1.89. The highest BCUT2D eigenvalue weighted by Crippen LogP contribution is 2.08. The summed E-state index contributed by atoms with van der Waals surface area (Å²) in [5, 5.41) is 0. The highest BCUT2D eigenvalue weighted by molar-refractivity contribution is 7.79. The lowest BCUT2D eigenvalue weighted by molar-refractivity contribution is 0.381. The van der Waals surface area contributed by atoms with Crippen LogP contribution < -0.4 is 11.3 Å². The minimum Gasteiger partial charge on any atom is -0.324 e. The van der Waals surface area contributed by atoms with Gasteiger partial charge in [-0.15, -0.1) is 0 Å². The maximum Gasteiger partial charge on any atom is 0.394 e. The third kappa shape index (κ3) is 9.16. The number of nitrogens with two attached hydrogens (primary N) is 1. The predicted molar refractivity (Wildman–Crippen MR) is 57.8 cm³/mol. The molecule has 0 unspecified atom stereocenters. The summed E-state index contributed by atoms with van der Waals surface area (Å²) in [6.07, 6.45) is 1.05. The van der Waals surface area contributed by atoms with E-state index in [-0.39, 0.29) is 0 Å². The summed E-state index contributed by atoms with van der Waals surface area (Å²) in [6.45, 7) is 2.12. The molecule has 0 bridgehead atoms. The number of hydrogen-bond donors (Lipinski definition) is 4. The first-order chi connectivity index (χ1) is 6.86. The maximum absolute atomic E-state index is 8.74. The van der Waals surface area contributed by atoms with Gasteiger partial charge in [-0.3, -0.25) is 14.9 Å². The van der Waals surface area contributed by atoms with E-state index in [9.17, 15) is 0 Å². The van der Waals surface area contributed by atoms with Gasteiger partial charge in [-0.1, -0.05) is 19.1 Å². The fraction of sp³-hybridized carbons (Fsp3) is 0.250. The molecule has 0 aliphatic rings. The molecule has 0 saturated heterocycles. The van der Waals surface area contributed by atoms with Gasteiger partial charge in [0.15, 0.2) is 0 Å². The van der Waals surface area contributed by atoms with Gasteiger partial charge in [-0.2, -0.15) is 8.42 Å². The Hall–Kier alpha value is -1.15. The van der Waals surface area contributed by atoms with Crippen LogP contribution in [0.3, 0.4) is 0 Å². The Morgan fingerprint density at radius 1 is 1.40 bits per heavy atom. The Labute approximate surface area is 88.7 Å². The van der Waals surface area contributed by atoms with E-state index in [2.05, 4.69) is 18.4 Å². The molecule has 0 aliphatic carbocycles. The number of rotatable bonds is 2. The fourth-order valence-corrected chi connectivity index (χ4v) is 0.881. The summed E-state index contributed by atoms with van der Waals surface area (Å²) in [4.78, 5) is 0. The van der Waals surface area contributed by atoms with E-state index in [4.69, 9.17) is 23.4 Å². The first-order valence-electron chi connectivity index (χ1n) is 4.12. The van der Waals surface area contributed by atoms with Gasteiger partial charge in [-0.25, -0.2) is 0 Å². The number of hydrazine groups is 1. The molecule has 1 aromatic carbocycles. The number of anilines is 1. The Balaban J connectivity index is 0.000000336. The van der Waals surface area contributed by atoms with Crippen molar-refractivity contribution in [2.45, 2.75) is 13.3 Å². The molecule has 7 heteroatoms. The van der Waals surface area contributed by atoms with Crippen molar-refractivity contribution in [2.75, 3.05) is 5.43 Å². The normalized spacial score (nSPS) is 10.1. The summed E-state index contributed by atoms with van der Waals surface area (Å²) in [7, 11) is -4.67. The molecule has 5 N–H and O–H groups in total. The van der Waals surface area contributed by atoms with Crippen molar-refractivity contribution in [3.8, 4) is 0 Å². The number of aryl methyl sites for hydroxylation is 1. The molecule has 0 aromatic heterocycles. The minimum atomic E-state index is -4.67. The zero-order valence-corrected chi connectivity index (χ0v) is 9.03. The van der Waals surface area contributed by atoms with E-state index >= 15 is 0 Å². The molecule has 0 spiro atoms. The van der Waals surface area contributed by atoms with E-state index in [1.165, 1.54) is 5.56 Å². The van der Waals surface area contributed by atoms with Crippen LogP contribution >= 0.6 is 0 Å². The Morgan fingerprint density at radius 2 is 1.93 bits per heavy atom. The number of hydrogen-bond acceptors (Lipinski definition) is 4. The molecule has 0 atom stereocenters. The van der Waals surface area contributed by atoms with E-state index in [1.54, 1.807) is 0 Å². The molecule has 0 aliphatic heterocycles. The van der Waals surface area contributed by atoms with Gasteiger partial charge < -0.3 is 5.43 Å². The molecule has 0 heterocycles. The third-order valence-corrected chi connectivity index (χ3v) is 1.50. The Bertz CT molecular complexity index is 364. The van der Waals surface area contributed by atoms with E-state index in [0.717, 1.165) is 12.1 Å². The van der Waals surface area contributed by atoms with Crippen LogP contribution in [0.2, 0.25) is 0 Å². The first-order valence-corrected chi connectivity index (χ1v) is 5.52. The zero-order chi connectivity index (χ0) is 11.9. The van der Waals surface area contributed by atoms with Crippen molar-refractivity contribution < 1.29 is 17.5 Å². The summed E-state index contributed by atoms with van der Waals surface area (Å²) in [6, 6.07) is 8.06. The van der Waals surface area contributed by atoms with E-state index in [0.29, 0.717) is 0 Å². The predicted octanol–water partition coefficient (Wildman–Crippen LogP) is 0.882. The van der Waals surface area contributed by atoms with Crippen LogP contribution in [-0.2, 0) is 16.8 Å².